The second-order valence-electron chi connectivity index (χ2n) is 16.1. The number of amides is 1. The maximum absolute atomic E-state index is 14.4. The Morgan fingerprint density at radius 1 is 0.984 bits per heavy atom. The summed E-state index contributed by atoms with van der Waals surface area (Å²) in [5.74, 6) is -8.67. The second-order valence-corrected chi connectivity index (χ2v) is 16.1. The molecule has 6 N–H and O–H groups in total. The first-order chi connectivity index (χ1) is 28.8. The standard InChI is InChI=1S/C44H59N3O14/c1-22-11-10-12-23(2)43(55)46-34-29(21-45-59-20-16-47-14-18-57-19-15-47)38(52)31-32(39(34)53)37(51)27(6)41-33(31)42(54)44(8,61-41)58-17-13-30(56-9)24(3)40(60-28(7)48)26(5)36(50)25(4)35(22)49/h10-13,17,21-22,24-26,30,35-36,40,49-53H,14-16,18-20H2,1-9H3,(H,46,55)/b11-10+,17-13+,23-12-,45-21-/t22-,24+,25+,26+,30-,35-,36+,40+,44-/m0/s1. The van der Waals surface area contributed by atoms with E-state index in [2.05, 4.69) is 15.4 Å². The molecule has 0 aromatic heterocycles. The van der Waals surface area contributed by atoms with Gasteiger partial charge in [-0.05, 0) is 19.9 Å². The number of nitrogens with zero attached hydrogens (tertiary/aromatic N) is 2. The minimum atomic E-state index is -2.07. The van der Waals surface area contributed by atoms with E-state index in [-0.39, 0.29) is 51.1 Å². The van der Waals surface area contributed by atoms with Gasteiger partial charge in [-0.3, -0.25) is 19.3 Å². The number of esters is 1. The van der Waals surface area contributed by atoms with Crippen LogP contribution in [0.25, 0.3) is 10.8 Å². The number of carbonyl (C=O) groups is 3. The summed E-state index contributed by atoms with van der Waals surface area (Å²) in [7, 11) is 1.43. The molecular weight excluding hydrogens is 794 g/mol. The minimum Gasteiger partial charge on any atom is -0.507 e. The molecule has 17 nitrogen and oxygen atoms in total. The summed E-state index contributed by atoms with van der Waals surface area (Å²) in [6.45, 7) is 15.7. The number of ether oxygens (including phenoxy) is 5. The van der Waals surface area contributed by atoms with Crippen molar-refractivity contribution in [3.63, 3.8) is 0 Å². The summed E-state index contributed by atoms with van der Waals surface area (Å²) >= 11 is 0. The number of Topliss-reactive ketones (excluding diaryl/α,β-unsaturated/α-hetero) is 1. The highest BCUT2D eigenvalue weighted by molar-refractivity contribution is 6.23. The van der Waals surface area contributed by atoms with Crippen molar-refractivity contribution in [1.29, 1.82) is 0 Å². The normalized spacial score (nSPS) is 31.3. The molecule has 9 atom stereocenters. The summed E-state index contributed by atoms with van der Waals surface area (Å²) in [5, 5.41) is 64.3. The summed E-state index contributed by atoms with van der Waals surface area (Å²) < 4.78 is 28.9. The lowest BCUT2D eigenvalue weighted by molar-refractivity contribution is -0.160. The topological polar surface area (TPSA) is 235 Å². The molecule has 2 aromatic carbocycles. The number of methoxy groups -OCH3 is 1. The molecule has 5 bridgehead atoms. The fraction of sp³-hybridized carbons (Fsp3) is 0.545. The highest BCUT2D eigenvalue weighted by Gasteiger charge is 2.50. The SMILES string of the molecule is CO[C@H]1/C=C/O[C@@]2(C)Oc3c(C)c(O)c4c(O)c(c(/C=N\OCCN5CCOCC5)c(O)c4c3C2=O)NC(=O)/C(C)=C\C=C\[C@H](C)[C@H](O)[C@@H](C)[C@@H](O)[C@@H](C)[C@H](OC(C)=O)[C@@H]1C. The highest BCUT2D eigenvalue weighted by Crippen LogP contribution is 2.55. The van der Waals surface area contributed by atoms with Gasteiger partial charge < -0.3 is 59.4 Å². The van der Waals surface area contributed by atoms with Crippen LogP contribution in [0.15, 0.2) is 41.3 Å². The molecular formula is C44H59N3O14. The number of hydrogen-bond acceptors (Lipinski definition) is 16. The van der Waals surface area contributed by atoms with E-state index in [0.29, 0.717) is 19.8 Å². The lowest BCUT2D eigenvalue weighted by atomic mass is 9.78. The van der Waals surface area contributed by atoms with Gasteiger partial charge in [0.25, 0.3) is 11.7 Å². The summed E-state index contributed by atoms with van der Waals surface area (Å²) in [5.41, 5.74) is -0.623. The lowest BCUT2D eigenvalue weighted by Gasteiger charge is -2.38. The highest BCUT2D eigenvalue weighted by atomic mass is 16.7. The van der Waals surface area contributed by atoms with Crippen molar-refractivity contribution in [2.75, 3.05) is 51.9 Å². The molecule has 61 heavy (non-hydrogen) atoms. The van der Waals surface area contributed by atoms with Crippen molar-refractivity contribution >= 4 is 40.3 Å². The zero-order valence-corrected chi connectivity index (χ0v) is 36.1. The van der Waals surface area contributed by atoms with Crippen molar-refractivity contribution in [2.45, 2.75) is 85.6 Å². The van der Waals surface area contributed by atoms with E-state index in [9.17, 15) is 39.9 Å². The Labute approximate surface area is 355 Å². The van der Waals surface area contributed by atoms with E-state index >= 15 is 0 Å². The molecule has 1 saturated heterocycles. The number of benzene rings is 2. The van der Waals surface area contributed by atoms with Crippen LogP contribution in [-0.4, -0.2) is 131 Å². The monoisotopic (exact) mass is 853 g/mol. The Balaban J connectivity index is 1.65. The third-order valence-corrected chi connectivity index (χ3v) is 11.9. The molecule has 0 unspecified atom stereocenters. The van der Waals surface area contributed by atoms with Crippen LogP contribution < -0.4 is 10.1 Å². The minimum absolute atomic E-state index is 0.0319. The van der Waals surface area contributed by atoms with Crippen LogP contribution in [0.5, 0.6) is 23.0 Å². The maximum atomic E-state index is 14.4. The number of allylic oxidation sites excluding steroid dienone is 2. The number of phenolic OH excluding ortho intramolecular Hbond substituents is 3. The summed E-state index contributed by atoms with van der Waals surface area (Å²) in [4.78, 5) is 48.1. The van der Waals surface area contributed by atoms with Gasteiger partial charge in [-0.25, -0.2) is 0 Å². The first-order valence-electron chi connectivity index (χ1n) is 20.4. The van der Waals surface area contributed by atoms with Gasteiger partial charge in [-0.1, -0.05) is 51.1 Å². The number of anilines is 1. The Bertz CT molecular complexity index is 2090. The van der Waals surface area contributed by atoms with E-state index in [1.54, 1.807) is 39.8 Å². The van der Waals surface area contributed by atoms with Crippen LogP contribution in [0.3, 0.4) is 0 Å². The first kappa shape index (κ1) is 46.9. The number of rotatable bonds is 7. The Morgan fingerprint density at radius 2 is 1.67 bits per heavy atom. The van der Waals surface area contributed by atoms with Crippen molar-refractivity contribution in [3.8, 4) is 23.0 Å². The van der Waals surface area contributed by atoms with Crippen LogP contribution in [0.4, 0.5) is 5.69 Å². The van der Waals surface area contributed by atoms with Gasteiger partial charge in [0.05, 0.1) is 66.2 Å². The number of ketones is 1. The smallest absolute Gasteiger partial charge is 0.312 e. The van der Waals surface area contributed by atoms with E-state index in [0.717, 1.165) is 19.3 Å². The molecule has 1 amide bonds. The zero-order chi connectivity index (χ0) is 44.9. The number of aliphatic hydroxyl groups excluding tert-OH is 2. The van der Waals surface area contributed by atoms with E-state index in [4.69, 9.17) is 28.5 Å². The Kier molecular flexibility index (Phi) is 15.1. The number of carbonyl (C=O) groups excluding carboxylic acids is 3. The Morgan fingerprint density at radius 3 is 2.33 bits per heavy atom. The van der Waals surface area contributed by atoms with Gasteiger partial charge >= 0.3 is 11.8 Å². The molecule has 0 radical (unpaired) electrons. The summed E-state index contributed by atoms with van der Waals surface area (Å²) in [6, 6.07) is 0. The molecule has 2 aromatic rings. The average Bonchev–Trinajstić information content (AvgIpc) is 3.50. The number of fused-ring (bicyclic) bond motifs is 14. The predicted octanol–water partition coefficient (Wildman–Crippen LogP) is 4.44. The molecule has 4 aliphatic rings. The molecule has 17 heteroatoms. The maximum Gasteiger partial charge on any atom is 0.312 e. The van der Waals surface area contributed by atoms with Crippen LogP contribution >= 0.6 is 0 Å². The van der Waals surface area contributed by atoms with Crippen LogP contribution in [0.2, 0.25) is 0 Å². The second kappa shape index (κ2) is 19.7. The summed E-state index contributed by atoms with van der Waals surface area (Å²) in [6.07, 6.45) is 4.53. The van der Waals surface area contributed by atoms with Crippen LogP contribution in [0.1, 0.15) is 70.0 Å². The molecule has 0 saturated carbocycles. The number of oxime groups is 1. The molecule has 1 fully saturated rings. The van der Waals surface area contributed by atoms with E-state index in [1.165, 1.54) is 53.2 Å². The van der Waals surface area contributed by atoms with Crippen LogP contribution in [-0.2, 0) is 33.4 Å². The van der Waals surface area contributed by atoms with Gasteiger partial charge in [-0.2, -0.15) is 0 Å². The fourth-order valence-electron chi connectivity index (χ4n) is 8.01. The van der Waals surface area contributed by atoms with Gasteiger partial charge in [0, 0.05) is 80.8 Å². The van der Waals surface area contributed by atoms with E-state index in [1.807, 2.05) is 0 Å². The number of phenols is 3. The third kappa shape index (κ3) is 9.81. The number of aliphatic hydroxyl groups is 2. The number of nitrogens with one attached hydrogen (secondary N) is 1. The third-order valence-electron chi connectivity index (χ3n) is 11.9. The molecule has 4 aliphatic heterocycles. The zero-order valence-electron chi connectivity index (χ0n) is 36.1. The van der Waals surface area contributed by atoms with Crippen molar-refractivity contribution in [2.24, 2.45) is 28.8 Å². The first-order valence-corrected chi connectivity index (χ1v) is 20.4. The average molecular weight is 854 g/mol. The molecule has 0 spiro atoms. The van der Waals surface area contributed by atoms with Gasteiger partial charge in [0.2, 0.25) is 0 Å². The molecule has 334 valence electrons. The van der Waals surface area contributed by atoms with Crippen molar-refractivity contribution in [1.82, 2.24) is 4.90 Å². The molecule has 6 rings (SSSR count). The predicted molar refractivity (Wildman–Crippen MR) is 225 cm³/mol. The molecule has 0 aliphatic carbocycles. The fourth-order valence-corrected chi connectivity index (χ4v) is 8.01. The van der Waals surface area contributed by atoms with Gasteiger partial charge in [-0.15, -0.1) is 0 Å². The van der Waals surface area contributed by atoms with Crippen LogP contribution in [0, 0.1) is 30.6 Å². The number of morpholine rings is 1. The van der Waals surface area contributed by atoms with Crippen molar-refractivity contribution in [3.05, 3.63) is 52.8 Å². The number of hydrogen-bond donors (Lipinski definition) is 6. The quantitative estimate of drug-likeness (QED) is 0.0564. The molecule has 4 heterocycles. The Hall–Kier alpha value is -5.20. The lowest BCUT2D eigenvalue weighted by Crippen LogP contribution is -2.46. The van der Waals surface area contributed by atoms with Gasteiger partial charge in [0.15, 0.2) is 5.75 Å². The van der Waals surface area contributed by atoms with Gasteiger partial charge in [0.1, 0.15) is 30.0 Å². The number of aromatic hydroxyl groups is 3. The van der Waals surface area contributed by atoms with Crippen molar-refractivity contribution < 1.29 is 68.4 Å². The largest absolute Gasteiger partial charge is 0.507 e. The van der Waals surface area contributed by atoms with E-state index < -0.39 is 88.8 Å².